The van der Waals surface area contributed by atoms with Gasteiger partial charge < -0.3 is 0 Å². The van der Waals surface area contributed by atoms with Gasteiger partial charge in [0.05, 0.1) is 51.2 Å². The maximum Gasteiger partial charge on any atom is 0.255 e. The van der Waals surface area contributed by atoms with E-state index in [0.29, 0.717) is 0 Å². The monoisotopic (exact) mass is 1020 g/mol. The molecular weight excluding hydrogens is 961 g/mol. The van der Waals surface area contributed by atoms with Crippen LogP contribution in [0.4, 0.5) is 0 Å². The van der Waals surface area contributed by atoms with Crippen LogP contribution in [-0.4, -0.2) is 112 Å². The van der Waals surface area contributed by atoms with Crippen LogP contribution >= 0.6 is 17.0 Å². The second-order valence-electron chi connectivity index (χ2n) is 17.9. The molecule has 0 saturated carbocycles. The van der Waals surface area contributed by atoms with Crippen LogP contribution in [0.2, 0.25) is 0 Å². The van der Waals surface area contributed by atoms with Crippen LogP contribution in [0.1, 0.15) is 102 Å². The Kier molecular flexibility index (Phi) is 16.5. The van der Waals surface area contributed by atoms with Gasteiger partial charge in [-0.1, -0.05) is 0 Å². The summed E-state index contributed by atoms with van der Waals surface area (Å²) in [5, 5.41) is 67.5. The fourth-order valence-corrected chi connectivity index (χ4v) is 10.2. The van der Waals surface area contributed by atoms with E-state index in [1.165, 1.54) is 49.2 Å². The molecule has 0 fully saturated rings. The van der Waals surface area contributed by atoms with Crippen molar-refractivity contribution in [2.24, 2.45) is 0 Å². The van der Waals surface area contributed by atoms with E-state index < -0.39 is 0 Å². The molecule has 0 atom stereocenters. The number of nitrogens with zero attached hydrogens (tertiary/aromatic N) is 9. The predicted molar refractivity (Wildman–Crippen MR) is 277 cm³/mol. The van der Waals surface area contributed by atoms with Crippen molar-refractivity contribution in [3.05, 3.63) is 102 Å². The zero-order valence-corrected chi connectivity index (χ0v) is 45.3. The van der Waals surface area contributed by atoms with Gasteiger partial charge in [-0.25, -0.2) is 0 Å². The molecule has 18 nitrogen and oxygen atoms in total. The summed E-state index contributed by atoms with van der Waals surface area (Å²) in [6.45, 7) is 37.2. The summed E-state index contributed by atoms with van der Waals surface area (Å²) in [6, 6.07) is 0. The summed E-state index contributed by atoms with van der Waals surface area (Å²) in [5.74, 6) is 0. The smallest absolute Gasteiger partial charge is 0.255 e. The standard InChI is InChI=1S/3C15H21BN6.BrH.Fe/c3*1-7-13(8(2)18-17-7)16(14-9(3)19-20-10(14)4)15-11(5)21-22-12(15)6;;/h3*1-6H3,(H,17,18)(H,19,20)(H,21,22);1H;. The van der Waals surface area contributed by atoms with Gasteiger partial charge in [0.25, 0.3) is 20.1 Å². The van der Waals surface area contributed by atoms with Gasteiger partial charge in [-0.2, -0.15) is 45.9 Å². The molecule has 23 heteroatoms. The first-order chi connectivity index (χ1) is 31.2. The Hall–Kier alpha value is -5.92. The zero-order chi connectivity index (χ0) is 48.0. The van der Waals surface area contributed by atoms with E-state index in [1.54, 1.807) is 0 Å². The van der Waals surface area contributed by atoms with Crippen LogP contribution in [0, 0.1) is 125 Å². The van der Waals surface area contributed by atoms with Crippen molar-refractivity contribution in [2.45, 2.75) is 125 Å². The molecular formula is C45H64B3BrFeN18. The summed E-state index contributed by atoms with van der Waals surface area (Å²) in [5.41, 5.74) is 29.8. The fraction of sp³-hybridized carbons (Fsp3) is 0.400. The average molecular weight is 1030 g/mol. The third kappa shape index (κ3) is 9.70. The van der Waals surface area contributed by atoms with Gasteiger partial charge in [-0.3, -0.25) is 45.9 Å². The van der Waals surface area contributed by atoms with E-state index in [0.717, 1.165) is 102 Å². The molecule has 0 aliphatic heterocycles. The third-order valence-corrected chi connectivity index (χ3v) is 13.3. The van der Waals surface area contributed by atoms with Crippen LogP contribution in [-0.2, 0) is 17.1 Å². The molecule has 68 heavy (non-hydrogen) atoms. The first kappa shape index (κ1) is 53.0. The van der Waals surface area contributed by atoms with Crippen molar-refractivity contribution in [1.29, 1.82) is 0 Å². The van der Waals surface area contributed by atoms with Crippen LogP contribution in [0.5, 0.6) is 0 Å². The second kappa shape index (κ2) is 21.2. The quantitative estimate of drug-likeness (QED) is 0.0942. The Balaban J connectivity index is 0.000000188. The van der Waals surface area contributed by atoms with Crippen molar-refractivity contribution in [2.75, 3.05) is 0 Å². The molecule has 9 aromatic rings. The molecule has 9 aromatic heterocycles. The molecule has 0 spiro atoms. The van der Waals surface area contributed by atoms with Gasteiger partial charge in [-0.15, -0.1) is 17.0 Å². The number of aromatic nitrogens is 18. The van der Waals surface area contributed by atoms with E-state index in [9.17, 15) is 0 Å². The minimum absolute atomic E-state index is 0. The van der Waals surface area contributed by atoms with Gasteiger partial charge in [0.15, 0.2) is 0 Å². The first-order valence-electron chi connectivity index (χ1n) is 22.4. The minimum atomic E-state index is 0. The zero-order valence-electron chi connectivity index (χ0n) is 42.5. The van der Waals surface area contributed by atoms with Crippen molar-refractivity contribution in [3.63, 3.8) is 0 Å². The molecule has 0 bridgehead atoms. The van der Waals surface area contributed by atoms with E-state index in [2.05, 4.69) is 154 Å². The molecule has 0 unspecified atom stereocenters. The van der Waals surface area contributed by atoms with Crippen LogP contribution in [0.15, 0.2) is 0 Å². The molecule has 0 aliphatic carbocycles. The normalized spacial score (nSPS) is 10.9. The van der Waals surface area contributed by atoms with Gasteiger partial charge in [-0.05, 0) is 174 Å². The Morgan fingerprint density at radius 3 is 0.353 bits per heavy atom. The Labute approximate surface area is 420 Å². The number of aromatic amines is 9. The number of hydrogen-bond donors (Lipinski definition) is 9. The van der Waals surface area contributed by atoms with Crippen molar-refractivity contribution < 1.29 is 17.1 Å². The number of nitrogens with one attached hydrogen (secondary N) is 9. The van der Waals surface area contributed by atoms with Crippen molar-refractivity contribution in [1.82, 2.24) is 91.8 Å². The first-order valence-corrected chi connectivity index (χ1v) is 22.4. The summed E-state index contributed by atoms with van der Waals surface area (Å²) in [6.07, 6.45) is 0. The summed E-state index contributed by atoms with van der Waals surface area (Å²) < 4.78 is 0. The molecule has 0 aromatic carbocycles. The third-order valence-electron chi connectivity index (χ3n) is 13.3. The molecule has 0 aliphatic rings. The van der Waals surface area contributed by atoms with Gasteiger partial charge >= 0.3 is 0 Å². The molecule has 9 rings (SSSR count). The number of H-pyrrole nitrogens is 9. The van der Waals surface area contributed by atoms with Crippen molar-refractivity contribution in [3.8, 4) is 0 Å². The summed E-state index contributed by atoms with van der Waals surface area (Å²) in [7, 11) is 0. The second-order valence-corrected chi connectivity index (χ2v) is 17.9. The number of halogens is 1. The van der Waals surface area contributed by atoms with Crippen LogP contribution in [0.3, 0.4) is 0 Å². The maximum atomic E-state index is 4.39. The summed E-state index contributed by atoms with van der Waals surface area (Å²) in [4.78, 5) is 0. The average Bonchev–Trinajstić information content (AvgIpc) is 4.18. The largest absolute Gasteiger partial charge is 0.283 e. The van der Waals surface area contributed by atoms with Gasteiger partial charge in [0, 0.05) is 68.3 Å². The van der Waals surface area contributed by atoms with Gasteiger partial charge in [0.2, 0.25) is 0 Å². The Morgan fingerprint density at radius 2 is 0.294 bits per heavy atom. The van der Waals surface area contributed by atoms with E-state index in [4.69, 9.17) is 0 Å². The van der Waals surface area contributed by atoms with Crippen LogP contribution < -0.4 is 49.2 Å². The van der Waals surface area contributed by atoms with E-state index in [1.807, 2.05) is 62.3 Å². The fourth-order valence-electron chi connectivity index (χ4n) is 10.2. The number of rotatable bonds is 9. The maximum absolute atomic E-state index is 4.39. The molecule has 0 saturated heterocycles. The van der Waals surface area contributed by atoms with Crippen LogP contribution in [0.25, 0.3) is 0 Å². The topological polar surface area (TPSA) is 258 Å². The van der Waals surface area contributed by atoms with E-state index in [-0.39, 0.29) is 54.2 Å². The molecule has 0 amide bonds. The van der Waals surface area contributed by atoms with Crippen molar-refractivity contribution >= 4 is 86.3 Å². The Bertz CT molecular complexity index is 2320. The minimum Gasteiger partial charge on any atom is -0.283 e. The summed E-state index contributed by atoms with van der Waals surface area (Å²) >= 11 is 0. The molecule has 9 heterocycles. The molecule has 9 N–H and O–H groups in total. The number of aryl methyl sites for hydroxylation is 18. The molecule has 358 valence electrons. The van der Waals surface area contributed by atoms with Gasteiger partial charge in [0.1, 0.15) is 0 Å². The predicted octanol–water partition coefficient (Wildman–Crippen LogP) is 1.24. The SMILES string of the molecule is Br.Cc1n[nH]c(C)c1B(c1c(C)n[nH]c1C)c1c(C)n[nH]c1C.Cc1n[nH]c(C)c1B(c1c(C)n[nH]c1C)c1c(C)n[nH]c1C.Cc1n[nH]c(C)c1B(c1c(C)n[nH]c1C)c1c(C)n[nH]c1C.[Fe]. The molecule has 0 radical (unpaired) electrons. The van der Waals surface area contributed by atoms with E-state index >= 15 is 0 Å². The Morgan fingerprint density at radius 1 is 0.206 bits per heavy atom. The number of hydrogen-bond acceptors (Lipinski definition) is 9.